The largest absolute Gasteiger partial charge is 0.480 e. The van der Waals surface area contributed by atoms with E-state index in [1.807, 2.05) is 20.8 Å². The molecule has 1 aliphatic rings. The zero-order chi connectivity index (χ0) is 13.8. The number of hydrogen-bond acceptors (Lipinski definition) is 2. The molecule has 1 fully saturated rings. The molecule has 0 aromatic heterocycles. The van der Waals surface area contributed by atoms with Crippen molar-refractivity contribution in [3.8, 4) is 0 Å². The lowest BCUT2D eigenvalue weighted by molar-refractivity contribution is -0.140. The minimum Gasteiger partial charge on any atom is -0.480 e. The summed E-state index contributed by atoms with van der Waals surface area (Å²) in [4.78, 5) is 23.0. The minimum atomic E-state index is -0.976. The maximum Gasteiger partial charge on any atom is 0.326 e. The number of amides is 2. The monoisotopic (exact) mass is 256 g/mol. The van der Waals surface area contributed by atoms with Crippen LogP contribution >= 0.6 is 0 Å². The Morgan fingerprint density at radius 2 is 1.89 bits per heavy atom. The highest BCUT2D eigenvalue weighted by molar-refractivity contribution is 5.83. The van der Waals surface area contributed by atoms with Crippen LogP contribution in [0.25, 0.3) is 0 Å². The molecule has 18 heavy (non-hydrogen) atoms. The van der Waals surface area contributed by atoms with E-state index in [1.54, 1.807) is 0 Å². The molecule has 1 rings (SSSR count). The Morgan fingerprint density at radius 1 is 1.33 bits per heavy atom. The number of carbonyl (C=O) groups is 2. The van der Waals surface area contributed by atoms with E-state index < -0.39 is 12.0 Å². The molecule has 2 atom stereocenters. The van der Waals surface area contributed by atoms with Crippen molar-refractivity contribution < 1.29 is 14.7 Å². The highest BCUT2D eigenvalue weighted by Crippen LogP contribution is 2.28. The number of carboxylic acid groups (broad SMARTS) is 1. The van der Waals surface area contributed by atoms with Gasteiger partial charge in [-0.15, -0.1) is 0 Å². The van der Waals surface area contributed by atoms with Gasteiger partial charge in [0.1, 0.15) is 6.04 Å². The second kappa shape index (κ2) is 6.07. The summed E-state index contributed by atoms with van der Waals surface area (Å²) in [5.41, 5.74) is -0.178. The average Bonchev–Trinajstić information content (AvgIpc) is 2.71. The highest BCUT2D eigenvalue weighted by Gasteiger charge is 2.32. The van der Waals surface area contributed by atoms with Gasteiger partial charge in [0.25, 0.3) is 0 Å². The third-order valence-electron chi connectivity index (χ3n) is 3.89. The summed E-state index contributed by atoms with van der Waals surface area (Å²) in [5.74, 6) is -1.05. The van der Waals surface area contributed by atoms with Crippen molar-refractivity contribution in [2.24, 2.45) is 5.92 Å². The van der Waals surface area contributed by atoms with Crippen molar-refractivity contribution in [2.75, 3.05) is 0 Å². The zero-order valence-electron chi connectivity index (χ0n) is 11.5. The Bertz CT molecular complexity index is 311. The Hall–Kier alpha value is -1.26. The normalized spacial score (nSPS) is 21.1. The lowest BCUT2D eigenvalue weighted by Crippen LogP contribution is -2.54. The van der Waals surface area contributed by atoms with Gasteiger partial charge in [-0.2, -0.15) is 0 Å². The van der Waals surface area contributed by atoms with Gasteiger partial charge in [0, 0.05) is 5.54 Å². The van der Waals surface area contributed by atoms with E-state index in [-0.39, 0.29) is 17.5 Å². The van der Waals surface area contributed by atoms with Crippen molar-refractivity contribution in [2.45, 2.75) is 64.5 Å². The third-order valence-corrected chi connectivity index (χ3v) is 3.89. The lowest BCUT2D eigenvalue weighted by atomic mass is 9.99. The number of nitrogens with one attached hydrogen (secondary N) is 2. The molecule has 0 aromatic rings. The van der Waals surface area contributed by atoms with Crippen LogP contribution in [-0.2, 0) is 4.79 Å². The molecular formula is C13H24N2O3. The van der Waals surface area contributed by atoms with Crippen LogP contribution in [0.15, 0.2) is 0 Å². The van der Waals surface area contributed by atoms with E-state index in [9.17, 15) is 9.59 Å². The first-order chi connectivity index (χ1) is 8.38. The highest BCUT2D eigenvalue weighted by atomic mass is 16.4. The van der Waals surface area contributed by atoms with Crippen molar-refractivity contribution in [3.63, 3.8) is 0 Å². The number of urea groups is 1. The first kappa shape index (κ1) is 14.8. The smallest absolute Gasteiger partial charge is 0.326 e. The predicted molar refractivity (Wildman–Crippen MR) is 69.4 cm³/mol. The molecule has 1 saturated carbocycles. The van der Waals surface area contributed by atoms with Crippen LogP contribution in [0.1, 0.15) is 52.9 Å². The number of carboxylic acids is 1. The molecule has 5 heteroatoms. The molecular weight excluding hydrogens is 232 g/mol. The summed E-state index contributed by atoms with van der Waals surface area (Å²) in [6.45, 7) is 5.76. The summed E-state index contributed by atoms with van der Waals surface area (Å²) >= 11 is 0. The fourth-order valence-corrected chi connectivity index (χ4v) is 2.41. The summed E-state index contributed by atoms with van der Waals surface area (Å²) in [5, 5.41) is 14.6. The van der Waals surface area contributed by atoms with Crippen LogP contribution in [0.4, 0.5) is 4.79 Å². The molecule has 0 heterocycles. The van der Waals surface area contributed by atoms with Crippen molar-refractivity contribution in [3.05, 3.63) is 0 Å². The SMILES string of the molecule is CC[C@H](C)[C@H](NC(=O)NC1(C)CCCC1)C(=O)O. The second-order valence-corrected chi connectivity index (χ2v) is 5.57. The third kappa shape index (κ3) is 3.89. The van der Waals surface area contributed by atoms with Gasteiger partial charge in [-0.3, -0.25) is 0 Å². The van der Waals surface area contributed by atoms with E-state index in [0.717, 1.165) is 25.7 Å². The fraction of sp³-hybridized carbons (Fsp3) is 0.846. The van der Waals surface area contributed by atoms with Gasteiger partial charge in [0.05, 0.1) is 0 Å². The van der Waals surface area contributed by atoms with E-state index in [1.165, 1.54) is 0 Å². The summed E-state index contributed by atoms with van der Waals surface area (Å²) in [7, 11) is 0. The van der Waals surface area contributed by atoms with E-state index >= 15 is 0 Å². The van der Waals surface area contributed by atoms with Gasteiger partial charge in [0.15, 0.2) is 0 Å². The Balaban J connectivity index is 2.53. The van der Waals surface area contributed by atoms with Crippen molar-refractivity contribution in [1.29, 1.82) is 0 Å². The van der Waals surface area contributed by atoms with E-state index in [0.29, 0.717) is 6.42 Å². The molecule has 0 spiro atoms. The molecule has 5 nitrogen and oxygen atoms in total. The molecule has 0 bridgehead atoms. The first-order valence-electron chi connectivity index (χ1n) is 6.69. The number of rotatable bonds is 5. The van der Waals surface area contributed by atoms with E-state index in [2.05, 4.69) is 10.6 Å². The van der Waals surface area contributed by atoms with E-state index in [4.69, 9.17) is 5.11 Å². The van der Waals surface area contributed by atoms with Gasteiger partial charge in [-0.05, 0) is 25.7 Å². The van der Waals surface area contributed by atoms with Crippen LogP contribution in [-0.4, -0.2) is 28.7 Å². The fourth-order valence-electron chi connectivity index (χ4n) is 2.41. The summed E-state index contributed by atoms with van der Waals surface area (Å²) in [6.07, 6.45) is 4.87. The maximum atomic E-state index is 11.9. The van der Waals surface area contributed by atoms with Crippen LogP contribution < -0.4 is 10.6 Å². The molecule has 0 aliphatic heterocycles. The average molecular weight is 256 g/mol. The zero-order valence-corrected chi connectivity index (χ0v) is 11.5. The maximum absolute atomic E-state index is 11.9. The second-order valence-electron chi connectivity index (χ2n) is 5.57. The molecule has 0 aromatic carbocycles. The number of aliphatic carboxylic acids is 1. The van der Waals surface area contributed by atoms with Crippen LogP contribution in [0.5, 0.6) is 0 Å². The molecule has 0 unspecified atom stereocenters. The number of carbonyl (C=O) groups excluding carboxylic acids is 1. The molecule has 0 saturated heterocycles. The van der Waals surface area contributed by atoms with Gasteiger partial charge in [0.2, 0.25) is 0 Å². The van der Waals surface area contributed by atoms with Crippen LogP contribution in [0.2, 0.25) is 0 Å². The molecule has 3 N–H and O–H groups in total. The quantitative estimate of drug-likeness (QED) is 0.705. The summed E-state index contributed by atoms with van der Waals surface area (Å²) in [6, 6.07) is -1.19. The Labute approximate surface area is 108 Å². The molecule has 1 aliphatic carbocycles. The Morgan fingerprint density at radius 3 is 2.33 bits per heavy atom. The van der Waals surface area contributed by atoms with Crippen LogP contribution in [0, 0.1) is 5.92 Å². The Kier molecular flexibility index (Phi) is 4.99. The van der Waals surface area contributed by atoms with Gasteiger partial charge < -0.3 is 15.7 Å². The molecule has 2 amide bonds. The molecule has 0 radical (unpaired) electrons. The summed E-state index contributed by atoms with van der Waals surface area (Å²) < 4.78 is 0. The minimum absolute atomic E-state index is 0.0790. The van der Waals surface area contributed by atoms with Crippen LogP contribution in [0.3, 0.4) is 0 Å². The predicted octanol–water partition coefficient (Wildman–Crippen LogP) is 2.12. The van der Waals surface area contributed by atoms with Gasteiger partial charge in [-0.25, -0.2) is 9.59 Å². The first-order valence-corrected chi connectivity index (χ1v) is 6.69. The number of hydrogen-bond donors (Lipinski definition) is 3. The lowest BCUT2D eigenvalue weighted by Gasteiger charge is -2.27. The topological polar surface area (TPSA) is 78.4 Å². The molecule has 104 valence electrons. The van der Waals surface area contributed by atoms with Crippen molar-refractivity contribution in [1.82, 2.24) is 10.6 Å². The standard InChI is InChI=1S/C13H24N2O3/c1-4-9(2)10(11(16)17)14-12(18)15-13(3)7-5-6-8-13/h9-10H,4-8H2,1-3H3,(H,16,17)(H2,14,15,18)/t9-,10-/m0/s1. The van der Waals surface area contributed by atoms with Crippen molar-refractivity contribution >= 4 is 12.0 Å². The van der Waals surface area contributed by atoms with Gasteiger partial charge >= 0.3 is 12.0 Å². The van der Waals surface area contributed by atoms with Gasteiger partial charge in [-0.1, -0.05) is 33.1 Å².